The van der Waals surface area contributed by atoms with Gasteiger partial charge in [-0.3, -0.25) is 9.11 Å². The maximum atomic E-state index is 8.74. The zero-order valence-electron chi connectivity index (χ0n) is 15.3. The molecule has 28 heavy (non-hydrogen) atoms. The molecule has 0 saturated carbocycles. The van der Waals surface area contributed by atoms with Crippen molar-refractivity contribution in [3.8, 4) is 6.07 Å². The minimum atomic E-state index is -4.67. The smallest absolute Gasteiger partial charge is 0.314 e. The van der Waals surface area contributed by atoms with Crippen molar-refractivity contribution < 1.29 is 17.5 Å². The van der Waals surface area contributed by atoms with E-state index in [9.17, 15) is 0 Å². The molecule has 0 aliphatic carbocycles. The lowest BCUT2D eigenvalue weighted by Crippen LogP contribution is -2.39. The molecule has 0 aromatic heterocycles. The largest absolute Gasteiger partial charge is 0.394 e. The van der Waals surface area contributed by atoms with Gasteiger partial charge >= 0.3 is 10.4 Å². The Morgan fingerprint density at radius 3 is 1.11 bits per heavy atom. The summed E-state index contributed by atoms with van der Waals surface area (Å²) in [6.45, 7) is 1.43. The van der Waals surface area contributed by atoms with Crippen LogP contribution in [-0.4, -0.2) is 17.5 Å². The minimum absolute atomic E-state index is 0.621. The average Bonchev–Trinajstić information content (AvgIpc) is 2.69. The maximum absolute atomic E-state index is 8.74. The van der Waals surface area contributed by atoms with Crippen LogP contribution in [0, 0.1) is 11.3 Å². The predicted octanol–water partition coefficient (Wildman–Crippen LogP) is 3.81. The second kappa shape index (κ2) is 11.0. The molecule has 6 nitrogen and oxygen atoms in total. The van der Waals surface area contributed by atoms with Gasteiger partial charge < -0.3 is 5.73 Å². The van der Waals surface area contributed by atoms with Crippen LogP contribution >= 0.6 is 0 Å². The summed E-state index contributed by atoms with van der Waals surface area (Å²) in [5, 5.41) is 7.32. The van der Waals surface area contributed by atoms with Crippen LogP contribution in [0.4, 0.5) is 0 Å². The zero-order valence-corrected chi connectivity index (χ0v) is 16.1. The van der Waals surface area contributed by atoms with E-state index in [0.29, 0.717) is 0 Å². The van der Waals surface area contributed by atoms with Crippen molar-refractivity contribution in [3.63, 3.8) is 0 Å². The molecule has 0 heterocycles. The number of nitrogens with zero attached hydrogens (tertiary/aromatic N) is 1. The van der Waals surface area contributed by atoms with Crippen molar-refractivity contribution in [2.45, 2.75) is 12.5 Å². The number of benzene rings is 3. The van der Waals surface area contributed by atoms with E-state index in [4.69, 9.17) is 28.5 Å². The van der Waals surface area contributed by atoms with Crippen LogP contribution in [-0.2, 0) is 15.9 Å². The summed E-state index contributed by atoms with van der Waals surface area (Å²) in [4.78, 5) is 0. The molecule has 3 aromatic rings. The molecule has 7 heteroatoms. The molecule has 3 aromatic carbocycles. The SMILES string of the molecule is CC#N.NC(c1ccccc1)(c1ccccc1)c1ccccc1.O=S(=O)(O)O. The van der Waals surface area contributed by atoms with Gasteiger partial charge in [0.2, 0.25) is 0 Å². The van der Waals surface area contributed by atoms with Crippen LogP contribution in [0.1, 0.15) is 23.6 Å². The summed E-state index contributed by atoms with van der Waals surface area (Å²) in [5.41, 5.74) is 9.53. The Morgan fingerprint density at radius 1 is 0.750 bits per heavy atom. The number of nitriles is 1. The third-order valence-electron chi connectivity index (χ3n) is 3.69. The van der Waals surface area contributed by atoms with Gasteiger partial charge in [0.05, 0.1) is 11.6 Å². The summed E-state index contributed by atoms with van der Waals surface area (Å²) in [6, 6.07) is 32.5. The van der Waals surface area contributed by atoms with Crippen LogP contribution in [0.15, 0.2) is 91.0 Å². The quantitative estimate of drug-likeness (QED) is 0.455. The number of hydrogen-bond donors (Lipinski definition) is 3. The van der Waals surface area contributed by atoms with E-state index in [1.165, 1.54) is 6.92 Å². The molecule has 0 aliphatic heterocycles. The van der Waals surface area contributed by atoms with Crippen molar-refractivity contribution in [2.75, 3.05) is 0 Å². The molecule has 0 atom stereocenters. The number of hydrogen-bond acceptors (Lipinski definition) is 4. The van der Waals surface area contributed by atoms with Gasteiger partial charge in [-0.25, -0.2) is 0 Å². The Morgan fingerprint density at radius 2 is 0.929 bits per heavy atom. The van der Waals surface area contributed by atoms with Crippen molar-refractivity contribution >= 4 is 10.4 Å². The zero-order chi connectivity index (χ0) is 21.0. The molecule has 0 saturated heterocycles. The maximum Gasteiger partial charge on any atom is 0.394 e. The molecule has 0 fully saturated rings. The second-order valence-electron chi connectivity index (χ2n) is 5.58. The highest BCUT2D eigenvalue weighted by molar-refractivity contribution is 7.79. The Balaban J connectivity index is 0.000000421. The summed E-state index contributed by atoms with van der Waals surface area (Å²) in [5.74, 6) is 0. The van der Waals surface area contributed by atoms with Crippen LogP contribution in [0.25, 0.3) is 0 Å². The summed E-state index contributed by atoms with van der Waals surface area (Å²) < 4.78 is 31.6. The van der Waals surface area contributed by atoms with Crippen LogP contribution in [0.5, 0.6) is 0 Å². The Kier molecular flexibility index (Phi) is 9.02. The van der Waals surface area contributed by atoms with Crippen LogP contribution < -0.4 is 5.73 Å². The van der Waals surface area contributed by atoms with Gasteiger partial charge in [-0.1, -0.05) is 91.0 Å². The van der Waals surface area contributed by atoms with Crippen molar-refractivity contribution in [1.29, 1.82) is 5.26 Å². The first-order valence-electron chi connectivity index (χ1n) is 8.19. The molecule has 0 bridgehead atoms. The van der Waals surface area contributed by atoms with E-state index in [-0.39, 0.29) is 0 Å². The molecule has 4 N–H and O–H groups in total. The number of rotatable bonds is 3. The van der Waals surface area contributed by atoms with E-state index < -0.39 is 15.9 Å². The highest BCUT2D eigenvalue weighted by atomic mass is 32.3. The lowest BCUT2D eigenvalue weighted by atomic mass is 9.78. The fraction of sp³-hybridized carbons (Fsp3) is 0.0952. The topological polar surface area (TPSA) is 124 Å². The van der Waals surface area contributed by atoms with Crippen LogP contribution in [0.2, 0.25) is 0 Å². The molecule has 0 radical (unpaired) electrons. The molecule has 3 rings (SSSR count). The lowest BCUT2D eigenvalue weighted by Gasteiger charge is -2.31. The first-order valence-corrected chi connectivity index (χ1v) is 9.59. The Hall–Kier alpha value is -3.02. The molecular weight excluding hydrogens is 376 g/mol. The third kappa shape index (κ3) is 7.31. The van der Waals surface area contributed by atoms with Gasteiger partial charge in [-0.2, -0.15) is 13.7 Å². The normalized spacial score (nSPS) is 10.4. The van der Waals surface area contributed by atoms with Gasteiger partial charge in [-0.15, -0.1) is 0 Å². The molecule has 0 aliphatic rings. The standard InChI is InChI=1S/C19H17N.C2H3N.H2O4S/c20-19(16-10-4-1-5-11-16,17-12-6-2-7-13-17)18-14-8-3-9-15-18;1-2-3;1-5(2,3)4/h1-15H,20H2;1H3;(H2,1,2,3,4). The summed E-state index contributed by atoms with van der Waals surface area (Å²) in [7, 11) is -4.67. The average molecular weight is 398 g/mol. The monoisotopic (exact) mass is 398 g/mol. The van der Waals surface area contributed by atoms with Gasteiger partial charge in [0.25, 0.3) is 0 Å². The number of nitrogens with two attached hydrogens (primary N) is 1. The van der Waals surface area contributed by atoms with E-state index in [0.717, 1.165) is 16.7 Å². The highest BCUT2D eigenvalue weighted by Gasteiger charge is 2.31. The minimum Gasteiger partial charge on any atom is -0.314 e. The fourth-order valence-electron chi connectivity index (χ4n) is 2.60. The van der Waals surface area contributed by atoms with Crippen molar-refractivity contribution in [3.05, 3.63) is 108 Å². The predicted molar refractivity (Wildman–Crippen MR) is 109 cm³/mol. The highest BCUT2D eigenvalue weighted by Crippen LogP contribution is 2.33. The van der Waals surface area contributed by atoms with Gasteiger partial charge in [0.1, 0.15) is 0 Å². The first kappa shape index (κ1) is 23.0. The van der Waals surface area contributed by atoms with Crippen molar-refractivity contribution in [1.82, 2.24) is 0 Å². The molecule has 0 unspecified atom stereocenters. The van der Waals surface area contributed by atoms with E-state index >= 15 is 0 Å². The Labute approximate surface area is 165 Å². The first-order chi connectivity index (χ1) is 13.2. The molecule has 0 amide bonds. The van der Waals surface area contributed by atoms with Crippen molar-refractivity contribution in [2.24, 2.45) is 5.73 Å². The van der Waals surface area contributed by atoms with Gasteiger partial charge in [0, 0.05) is 6.92 Å². The summed E-state index contributed by atoms with van der Waals surface area (Å²) in [6.07, 6.45) is 0. The molecular formula is C21H22N2O4S. The third-order valence-corrected chi connectivity index (χ3v) is 3.69. The lowest BCUT2D eigenvalue weighted by molar-refractivity contribution is 0.381. The van der Waals surface area contributed by atoms with E-state index in [1.807, 2.05) is 54.6 Å². The Bertz CT molecular complexity index is 867. The second-order valence-corrected chi connectivity index (χ2v) is 6.47. The molecule has 146 valence electrons. The van der Waals surface area contributed by atoms with Gasteiger partial charge in [0.15, 0.2) is 0 Å². The van der Waals surface area contributed by atoms with E-state index in [1.54, 1.807) is 6.07 Å². The fourth-order valence-corrected chi connectivity index (χ4v) is 2.60. The molecule has 0 spiro atoms. The van der Waals surface area contributed by atoms with Gasteiger partial charge in [-0.05, 0) is 16.7 Å². The van der Waals surface area contributed by atoms with Crippen LogP contribution in [0.3, 0.4) is 0 Å². The summed E-state index contributed by atoms with van der Waals surface area (Å²) >= 11 is 0. The van der Waals surface area contributed by atoms with E-state index in [2.05, 4.69) is 36.4 Å².